The third kappa shape index (κ3) is 3.04. The molecule has 1 amide bonds. The van der Waals surface area contributed by atoms with E-state index in [1.807, 2.05) is 18.2 Å². The Balaban J connectivity index is 1.88. The number of nitrogens with one attached hydrogen (secondary N) is 1. The lowest BCUT2D eigenvalue weighted by Crippen LogP contribution is -2.09. The minimum absolute atomic E-state index is 0.0132. The Morgan fingerprint density at radius 2 is 2.29 bits per heavy atom. The first kappa shape index (κ1) is 11.6. The summed E-state index contributed by atoms with van der Waals surface area (Å²) in [5, 5.41) is 11.2. The molecular formula is C12H13NO4. The molecule has 0 aliphatic carbocycles. The second-order valence-electron chi connectivity index (χ2n) is 3.91. The summed E-state index contributed by atoms with van der Waals surface area (Å²) in [7, 11) is 0. The first-order valence-corrected chi connectivity index (χ1v) is 5.36. The molecule has 0 spiro atoms. The van der Waals surface area contributed by atoms with Crippen molar-refractivity contribution in [1.82, 2.24) is 0 Å². The van der Waals surface area contributed by atoms with Gasteiger partial charge in [0.05, 0.1) is 13.0 Å². The summed E-state index contributed by atoms with van der Waals surface area (Å²) < 4.78 is 4.96. The zero-order valence-electron chi connectivity index (χ0n) is 9.23. The Morgan fingerprint density at radius 3 is 3.06 bits per heavy atom. The van der Waals surface area contributed by atoms with Gasteiger partial charge in [-0.25, -0.2) is 4.79 Å². The van der Waals surface area contributed by atoms with E-state index < -0.39 is 5.97 Å². The third-order valence-corrected chi connectivity index (χ3v) is 2.56. The minimum atomic E-state index is -0.964. The first-order valence-electron chi connectivity index (χ1n) is 5.36. The number of hydrogen-bond acceptors (Lipinski definition) is 3. The average molecular weight is 235 g/mol. The standard InChI is InChI=1S/C12H13NO4/c14-11-6-9-5-8(1-2-10(9)13-11)3-4-17-7-12(15)16/h1-2,5H,3-4,6-7H2,(H,13,14)(H,15,16). The van der Waals surface area contributed by atoms with Crippen LogP contribution in [0.2, 0.25) is 0 Å². The van der Waals surface area contributed by atoms with E-state index in [0.29, 0.717) is 19.4 Å². The minimum Gasteiger partial charge on any atom is -0.480 e. The van der Waals surface area contributed by atoms with Crippen molar-refractivity contribution in [2.45, 2.75) is 12.8 Å². The van der Waals surface area contributed by atoms with E-state index in [4.69, 9.17) is 9.84 Å². The van der Waals surface area contributed by atoms with Crippen LogP contribution in [0.4, 0.5) is 5.69 Å². The molecule has 0 atom stereocenters. The highest BCUT2D eigenvalue weighted by molar-refractivity contribution is 5.99. The van der Waals surface area contributed by atoms with E-state index in [2.05, 4.69) is 5.32 Å². The van der Waals surface area contributed by atoms with Crippen molar-refractivity contribution in [3.05, 3.63) is 29.3 Å². The summed E-state index contributed by atoms with van der Waals surface area (Å²) >= 11 is 0. The van der Waals surface area contributed by atoms with Crippen molar-refractivity contribution in [1.29, 1.82) is 0 Å². The predicted octanol–water partition coefficient (Wildman–Crippen LogP) is 0.825. The van der Waals surface area contributed by atoms with Gasteiger partial charge in [-0.1, -0.05) is 12.1 Å². The molecule has 0 aromatic heterocycles. The molecule has 2 N–H and O–H groups in total. The topological polar surface area (TPSA) is 75.6 Å². The van der Waals surface area contributed by atoms with Gasteiger partial charge in [-0.3, -0.25) is 4.79 Å². The second kappa shape index (κ2) is 4.97. The molecule has 0 saturated heterocycles. The number of hydrogen-bond donors (Lipinski definition) is 2. The van der Waals surface area contributed by atoms with E-state index in [9.17, 15) is 9.59 Å². The summed E-state index contributed by atoms with van der Waals surface area (Å²) in [6.45, 7) is 0.0947. The number of amides is 1. The van der Waals surface area contributed by atoms with E-state index >= 15 is 0 Å². The second-order valence-corrected chi connectivity index (χ2v) is 3.91. The van der Waals surface area contributed by atoms with Gasteiger partial charge in [-0.05, 0) is 23.6 Å². The molecule has 0 bridgehead atoms. The molecule has 0 fully saturated rings. The number of carboxylic acid groups (broad SMARTS) is 1. The van der Waals surface area contributed by atoms with Crippen molar-refractivity contribution < 1.29 is 19.4 Å². The van der Waals surface area contributed by atoms with Crippen molar-refractivity contribution in [2.75, 3.05) is 18.5 Å². The molecule has 1 aliphatic heterocycles. The molecule has 0 unspecified atom stereocenters. The van der Waals surface area contributed by atoms with Gasteiger partial charge < -0.3 is 15.2 Å². The molecule has 0 saturated carbocycles. The molecule has 0 radical (unpaired) electrons. The van der Waals surface area contributed by atoms with Gasteiger partial charge in [-0.2, -0.15) is 0 Å². The Morgan fingerprint density at radius 1 is 1.47 bits per heavy atom. The number of carboxylic acids is 1. The highest BCUT2D eigenvalue weighted by atomic mass is 16.5. The maximum atomic E-state index is 11.1. The molecule has 17 heavy (non-hydrogen) atoms. The van der Waals surface area contributed by atoms with Crippen LogP contribution in [0.25, 0.3) is 0 Å². The summed E-state index contributed by atoms with van der Waals surface area (Å²) in [6.07, 6.45) is 1.06. The fraction of sp³-hybridized carbons (Fsp3) is 0.333. The van der Waals surface area contributed by atoms with Crippen LogP contribution < -0.4 is 5.32 Å². The van der Waals surface area contributed by atoms with Crippen LogP contribution in [0.1, 0.15) is 11.1 Å². The van der Waals surface area contributed by atoms with E-state index in [1.165, 1.54) is 0 Å². The normalized spacial score (nSPS) is 13.3. The molecule has 5 nitrogen and oxygen atoms in total. The number of carbonyl (C=O) groups excluding carboxylic acids is 1. The molecule has 1 heterocycles. The Labute approximate surface area is 98.4 Å². The average Bonchev–Trinajstić information content (AvgIpc) is 2.63. The lowest BCUT2D eigenvalue weighted by atomic mass is 10.1. The largest absolute Gasteiger partial charge is 0.480 e. The van der Waals surface area contributed by atoms with E-state index in [1.54, 1.807) is 0 Å². The Kier molecular flexibility index (Phi) is 3.39. The monoisotopic (exact) mass is 235 g/mol. The number of ether oxygens (including phenoxy) is 1. The molecule has 1 aliphatic rings. The van der Waals surface area contributed by atoms with Gasteiger partial charge in [-0.15, -0.1) is 0 Å². The van der Waals surface area contributed by atoms with Crippen molar-refractivity contribution in [3.63, 3.8) is 0 Å². The first-order chi connectivity index (χ1) is 8.15. The zero-order valence-corrected chi connectivity index (χ0v) is 9.23. The van der Waals surface area contributed by atoms with Crippen LogP contribution in [0.15, 0.2) is 18.2 Å². The molecular weight excluding hydrogens is 222 g/mol. The van der Waals surface area contributed by atoms with Crippen LogP contribution in [0.5, 0.6) is 0 Å². The van der Waals surface area contributed by atoms with Gasteiger partial charge in [0.15, 0.2) is 0 Å². The maximum absolute atomic E-state index is 11.1. The Bertz CT molecular complexity index is 456. The summed E-state index contributed by atoms with van der Waals surface area (Å²) in [5.74, 6) is -0.951. The summed E-state index contributed by atoms with van der Waals surface area (Å²) in [4.78, 5) is 21.4. The fourth-order valence-corrected chi connectivity index (χ4v) is 1.79. The molecule has 90 valence electrons. The van der Waals surface area contributed by atoms with E-state index in [-0.39, 0.29) is 12.5 Å². The van der Waals surface area contributed by atoms with Gasteiger partial charge in [0.25, 0.3) is 0 Å². The summed E-state index contributed by atoms with van der Waals surface area (Å²) in [5.41, 5.74) is 2.90. The fourth-order valence-electron chi connectivity index (χ4n) is 1.79. The van der Waals surface area contributed by atoms with Crippen LogP contribution in [-0.2, 0) is 27.2 Å². The number of carbonyl (C=O) groups is 2. The van der Waals surface area contributed by atoms with Gasteiger partial charge in [0.1, 0.15) is 6.61 Å². The number of aliphatic carboxylic acids is 1. The van der Waals surface area contributed by atoms with Gasteiger partial charge in [0.2, 0.25) is 5.91 Å². The van der Waals surface area contributed by atoms with Gasteiger partial charge in [0, 0.05) is 5.69 Å². The van der Waals surface area contributed by atoms with Crippen LogP contribution in [-0.4, -0.2) is 30.2 Å². The van der Waals surface area contributed by atoms with Crippen LogP contribution >= 0.6 is 0 Å². The van der Waals surface area contributed by atoms with Crippen LogP contribution in [0, 0.1) is 0 Å². The number of fused-ring (bicyclic) bond motifs is 1. The molecule has 2 rings (SSSR count). The van der Waals surface area contributed by atoms with Crippen LogP contribution in [0.3, 0.4) is 0 Å². The maximum Gasteiger partial charge on any atom is 0.329 e. The SMILES string of the molecule is O=C(O)COCCc1ccc2c(c1)CC(=O)N2. The lowest BCUT2D eigenvalue weighted by Gasteiger charge is -2.04. The third-order valence-electron chi connectivity index (χ3n) is 2.56. The van der Waals surface area contributed by atoms with Crippen molar-refractivity contribution in [3.8, 4) is 0 Å². The number of anilines is 1. The van der Waals surface area contributed by atoms with Crippen molar-refractivity contribution >= 4 is 17.6 Å². The zero-order chi connectivity index (χ0) is 12.3. The number of benzene rings is 1. The highest BCUT2D eigenvalue weighted by Crippen LogP contribution is 2.23. The number of rotatable bonds is 5. The van der Waals surface area contributed by atoms with E-state index in [0.717, 1.165) is 16.8 Å². The Hall–Kier alpha value is -1.88. The van der Waals surface area contributed by atoms with Crippen molar-refractivity contribution in [2.24, 2.45) is 0 Å². The van der Waals surface area contributed by atoms with Gasteiger partial charge >= 0.3 is 5.97 Å². The highest BCUT2D eigenvalue weighted by Gasteiger charge is 2.17. The predicted molar refractivity (Wildman–Crippen MR) is 60.9 cm³/mol. The lowest BCUT2D eigenvalue weighted by molar-refractivity contribution is -0.142. The molecule has 1 aromatic carbocycles. The molecule has 1 aromatic rings. The molecule has 5 heteroatoms. The summed E-state index contributed by atoms with van der Waals surface area (Å²) in [6, 6.07) is 5.73. The smallest absolute Gasteiger partial charge is 0.329 e. The quantitative estimate of drug-likeness (QED) is 0.741.